The van der Waals surface area contributed by atoms with Gasteiger partial charge in [-0.2, -0.15) is 0 Å². The van der Waals surface area contributed by atoms with Crippen molar-refractivity contribution in [2.24, 2.45) is 0 Å². The summed E-state index contributed by atoms with van der Waals surface area (Å²) in [6.45, 7) is 8.05. The van der Waals surface area contributed by atoms with Crippen molar-refractivity contribution in [3.63, 3.8) is 0 Å². The minimum Gasteiger partial charge on any atom is -0.347 e. The second-order valence-corrected chi connectivity index (χ2v) is 3.15. The fourth-order valence-corrected chi connectivity index (χ4v) is 1.28. The molecule has 0 saturated carbocycles. The van der Waals surface area contributed by atoms with Gasteiger partial charge in [-0.15, -0.1) is 5.10 Å². The third-order valence-electron chi connectivity index (χ3n) is 1.89. The molecule has 5 nitrogen and oxygen atoms in total. The average molecular weight is 213 g/mol. The van der Waals surface area contributed by atoms with E-state index in [0.29, 0.717) is 13.2 Å². The smallest absolute Gasteiger partial charge is 0.204 e. The summed E-state index contributed by atoms with van der Waals surface area (Å²) < 4.78 is 12.6. The Balaban J connectivity index is 2.63. The molecule has 0 aliphatic rings. The number of aromatic nitrogens is 3. The first-order chi connectivity index (χ1) is 7.31. The topological polar surface area (TPSA) is 49.2 Å². The summed E-state index contributed by atoms with van der Waals surface area (Å²) in [4.78, 5) is 0. The summed E-state index contributed by atoms with van der Waals surface area (Å²) >= 11 is 0. The van der Waals surface area contributed by atoms with E-state index in [1.807, 2.05) is 20.0 Å². The van der Waals surface area contributed by atoms with Crippen LogP contribution in [0.5, 0.6) is 0 Å². The second kappa shape index (κ2) is 6.53. The molecule has 1 rings (SSSR count). The second-order valence-electron chi connectivity index (χ2n) is 3.15. The SMILES string of the molecule is CCCn1cc(C(OCC)OCC)nn1. The molecule has 0 bridgehead atoms. The van der Waals surface area contributed by atoms with E-state index in [4.69, 9.17) is 9.47 Å². The van der Waals surface area contributed by atoms with Crippen LogP contribution in [-0.2, 0) is 16.0 Å². The molecular weight excluding hydrogens is 194 g/mol. The van der Waals surface area contributed by atoms with E-state index in [1.54, 1.807) is 4.68 Å². The predicted molar refractivity (Wildman–Crippen MR) is 56.3 cm³/mol. The molecule has 0 spiro atoms. The highest BCUT2D eigenvalue weighted by molar-refractivity contribution is 4.94. The average Bonchev–Trinajstić information content (AvgIpc) is 2.67. The molecular formula is C10H19N3O2. The predicted octanol–water partition coefficient (Wildman–Crippen LogP) is 1.76. The zero-order chi connectivity index (χ0) is 11.1. The molecule has 0 unspecified atom stereocenters. The van der Waals surface area contributed by atoms with Crippen molar-refractivity contribution in [2.45, 2.75) is 40.0 Å². The summed E-state index contributed by atoms with van der Waals surface area (Å²) in [5.74, 6) is 0. The third-order valence-corrected chi connectivity index (χ3v) is 1.89. The Morgan fingerprint density at radius 2 is 1.93 bits per heavy atom. The lowest BCUT2D eigenvalue weighted by Crippen LogP contribution is -2.09. The van der Waals surface area contributed by atoms with Crippen molar-refractivity contribution in [3.8, 4) is 0 Å². The largest absolute Gasteiger partial charge is 0.347 e. The van der Waals surface area contributed by atoms with E-state index >= 15 is 0 Å². The molecule has 1 heterocycles. The summed E-state index contributed by atoms with van der Waals surface area (Å²) in [5.41, 5.74) is 0.743. The van der Waals surface area contributed by atoms with E-state index < -0.39 is 0 Å². The molecule has 0 saturated heterocycles. The minimum absolute atomic E-state index is 0.384. The molecule has 0 aliphatic carbocycles. The Bertz CT molecular complexity index is 269. The van der Waals surface area contributed by atoms with Gasteiger partial charge in [-0.25, -0.2) is 0 Å². The quantitative estimate of drug-likeness (QED) is 0.647. The number of ether oxygens (including phenoxy) is 2. The molecule has 0 atom stereocenters. The van der Waals surface area contributed by atoms with Gasteiger partial charge in [0.1, 0.15) is 5.69 Å². The van der Waals surface area contributed by atoms with Crippen molar-refractivity contribution in [1.29, 1.82) is 0 Å². The highest BCUT2D eigenvalue weighted by Gasteiger charge is 2.15. The molecule has 1 aromatic rings. The molecule has 15 heavy (non-hydrogen) atoms. The highest BCUT2D eigenvalue weighted by Crippen LogP contribution is 2.15. The monoisotopic (exact) mass is 213 g/mol. The van der Waals surface area contributed by atoms with Gasteiger partial charge in [0, 0.05) is 19.8 Å². The van der Waals surface area contributed by atoms with Gasteiger partial charge in [0.15, 0.2) is 0 Å². The molecule has 0 amide bonds. The maximum atomic E-state index is 5.42. The number of nitrogens with zero attached hydrogens (tertiary/aromatic N) is 3. The fourth-order valence-electron chi connectivity index (χ4n) is 1.28. The third kappa shape index (κ3) is 3.60. The van der Waals surface area contributed by atoms with Gasteiger partial charge < -0.3 is 9.47 Å². The van der Waals surface area contributed by atoms with Crippen LogP contribution >= 0.6 is 0 Å². The molecule has 0 radical (unpaired) electrons. The van der Waals surface area contributed by atoms with Gasteiger partial charge in [0.05, 0.1) is 6.20 Å². The Kier molecular flexibility index (Phi) is 5.28. The van der Waals surface area contributed by atoms with Crippen molar-refractivity contribution in [1.82, 2.24) is 15.0 Å². The molecule has 86 valence electrons. The van der Waals surface area contributed by atoms with E-state index in [-0.39, 0.29) is 6.29 Å². The summed E-state index contributed by atoms with van der Waals surface area (Å²) in [6, 6.07) is 0. The van der Waals surface area contributed by atoms with Crippen LogP contribution in [0.4, 0.5) is 0 Å². The molecule has 0 aliphatic heterocycles. The van der Waals surface area contributed by atoms with Crippen LogP contribution in [0.2, 0.25) is 0 Å². The maximum Gasteiger partial charge on any atom is 0.204 e. The van der Waals surface area contributed by atoms with Gasteiger partial charge >= 0.3 is 0 Å². The van der Waals surface area contributed by atoms with Crippen molar-refractivity contribution in [3.05, 3.63) is 11.9 Å². The number of rotatable bonds is 7. The minimum atomic E-state index is -0.384. The van der Waals surface area contributed by atoms with Gasteiger partial charge in [-0.3, -0.25) is 4.68 Å². The Morgan fingerprint density at radius 3 is 2.47 bits per heavy atom. The van der Waals surface area contributed by atoms with Crippen LogP contribution in [0.15, 0.2) is 6.20 Å². The lowest BCUT2D eigenvalue weighted by Gasteiger charge is -2.13. The van der Waals surface area contributed by atoms with Crippen LogP contribution in [0.3, 0.4) is 0 Å². The van der Waals surface area contributed by atoms with E-state index in [0.717, 1.165) is 18.7 Å². The standard InChI is InChI=1S/C10H19N3O2/c1-4-7-13-8-9(11-12-13)10(14-5-2)15-6-3/h8,10H,4-7H2,1-3H3. The molecule has 0 aromatic carbocycles. The van der Waals surface area contributed by atoms with E-state index in [9.17, 15) is 0 Å². The zero-order valence-electron chi connectivity index (χ0n) is 9.64. The summed E-state index contributed by atoms with van der Waals surface area (Å²) in [5, 5.41) is 8.03. The first kappa shape index (κ1) is 12.1. The van der Waals surface area contributed by atoms with Gasteiger partial charge in [-0.05, 0) is 20.3 Å². The van der Waals surface area contributed by atoms with Gasteiger partial charge in [0.25, 0.3) is 0 Å². The first-order valence-electron chi connectivity index (χ1n) is 5.45. The molecule has 1 aromatic heterocycles. The van der Waals surface area contributed by atoms with E-state index in [2.05, 4.69) is 17.2 Å². The van der Waals surface area contributed by atoms with Crippen LogP contribution < -0.4 is 0 Å². The summed E-state index contributed by atoms with van der Waals surface area (Å²) in [7, 11) is 0. The molecule has 0 N–H and O–H groups in total. The van der Waals surface area contributed by atoms with Crippen LogP contribution in [0.25, 0.3) is 0 Å². The summed E-state index contributed by atoms with van der Waals surface area (Å²) in [6.07, 6.45) is 2.53. The fraction of sp³-hybridized carbons (Fsp3) is 0.800. The van der Waals surface area contributed by atoms with Crippen LogP contribution in [-0.4, -0.2) is 28.2 Å². The lowest BCUT2D eigenvalue weighted by atomic mass is 10.4. The maximum absolute atomic E-state index is 5.42. The number of hydrogen-bond donors (Lipinski definition) is 0. The van der Waals surface area contributed by atoms with Gasteiger partial charge in [0.2, 0.25) is 6.29 Å². The highest BCUT2D eigenvalue weighted by atomic mass is 16.7. The Labute approximate surface area is 90.4 Å². The molecule has 5 heteroatoms. The lowest BCUT2D eigenvalue weighted by molar-refractivity contribution is -0.142. The molecule has 0 fully saturated rings. The Morgan fingerprint density at radius 1 is 1.27 bits per heavy atom. The van der Waals surface area contributed by atoms with Crippen molar-refractivity contribution < 1.29 is 9.47 Å². The zero-order valence-corrected chi connectivity index (χ0v) is 9.64. The number of hydrogen-bond acceptors (Lipinski definition) is 4. The first-order valence-corrected chi connectivity index (χ1v) is 5.45. The van der Waals surface area contributed by atoms with Crippen molar-refractivity contribution in [2.75, 3.05) is 13.2 Å². The van der Waals surface area contributed by atoms with E-state index in [1.165, 1.54) is 0 Å². The van der Waals surface area contributed by atoms with Crippen LogP contribution in [0, 0.1) is 0 Å². The number of aryl methyl sites for hydroxylation is 1. The van der Waals surface area contributed by atoms with Gasteiger partial charge in [-0.1, -0.05) is 12.1 Å². The van der Waals surface area contributed by atoms with Crippen LogP contribution in [0.1, 0.15) is 39.2 Å². The Hall–Kier alpha value is -0.940. The normalized spacial score (nSPS) is 11.2. The van der Waals surface area contributed by atoms with Crippen molar-refractivity contribution >= 4 is 0 Å².